The average Bonchev–Trinajstić information content (AvgIpc) is 2.20. The highest BCUT2D eigenvalue weighted by atomic mass is 16.5. The number of hydrogen-bond acceptors (Lipinski definition) is 3. The van der Waals surface area contributed by atoms with Crippen molar-refractivity contribution < 1.29 is 9.53 Å². The Morgan fingerprint density at radius 2 is 2.38 bits per heavy atom. The maximum absolute atomic E-state index is 11.4. The van der Waals surface area contributed by atoms with Crippen molar-refractivity contribution in [3.63, 3.8) is 0 Å². The average molecular weight is 185 g/mol. The van der Waals surface area contributed by atoms with Gasteiger partial charge in [-0.15, -0.1) is 0 Å². The smallest absolute Gasteiger partial charge is 0.310 e. The van der Waals surface area contributed by atoms with Gasteiger partial charge in [-0.25, -0.2) is 0 Å². The van der Waals surface area contributed by atoms with E-state index in [1.807, 2.05) is 6.92 Å². The van der Waals surface area contributed by atoms with Gasteiger partial charge in [0.25, 0.3) is 0 Å². The molecule has 0 amide bonds. The fraction of sp³-hybridized carbons (Fsp3) is 0.900. The summed E-state index contributed by atoms with van der Waals surface area (Å²) in [5.74, 6) is -0.0211. The molecule has 0 aliphatic carbocycles. The molecular formula is C10H19NO2. The molecule has 0 bridgehead atoms. The van der Waals surface area contributed by atoms with Crippen LogP contribution >= 0.6 is 0 Å². The quantitative estimate of drug-likeness (QED) is 0.674. The van der Waals surface area contributed by atoms with Crippen LogP contribution < -0.4 is 5.32 Å². The lowest BCUT2D eigenvalue weighted by atomic mass is 9.90. The molecule has 0 spiro atoms. The van der Waals surface area contributed by atoms with E-state index in [9.17, 15) is 4.79 Å². The molecule has 3 heteroatoms. The van der Waals surface area contributed by atoms with Crippen molar-refractivity contribution in [1.82, 2.24) is 5.32 Å². The SMILES string of the molecule is CC[C@H](C(=O)OC)[C@H]1CCCCN1. The molecule has 0 saturated carbocycles. The maximum Gasteiger partial charge on any atom is 0.310 e. The van der Waals surface area contributed by atoms with Crippen molar-refractivity contribution in [2.75, 3.05) is 13.7 Å². The molecule has 1 heterocycles. The van der Waals surface area contributed by atoms with Gasteiger partial charge in [0.15, 0.2) is 0 Å². The summed E-state index contributed by atoms with van der Waals surface area (Å²) in [5, 5.41) is 3.38. The topological polar surface area (TPSA) is 38.3 Å². The van der Waals surface area contributed by atoms with Gasteiger partial charge in [-0.05, 0) is 25.8 Å². The number of carbonyl (C=O) groups excluding carboxylic acids is 1. The predicted octanol–water partition coefficient (Wildman–Crippen LogP) is 1.33. The van der Waals surface area contributed by atoms with Crippen LogP contribution in [-0.2, 0) is 9.53 Å². The zero-order chi connectivity index (χ0) is 9.68. The van der Waals surface area contributed by atoms with Gasteiger partial charge in [-0.1, -0.05) is 13.3 Å². The second-order valence-corrected chi connectivity index (χ2v) is 3.59. The molecular weight excluding hydrogens is 166 g/mol. The Balaban J connectivity index is 2.48. The Labute approximate surface area is 79.8 Å². The Kier molecular flexibility index (Phi) is 4.22. The fourth-order valence-corrected chi connectivity index (χ4v) is 1.99. The van der Waals surface area contributed by atoms with E-state index in [2.05, 4.69) is 5.32 Å². The monoisotopic (exact) mass is 185 g/mol. The lowest BCUT2D eigenvalue weighted by Crippen LogP contribution is -2.43. The molecule has 13 heavy (non-hydrogen) atoms. The Morgan fingerprint density at radius 1 is 1.62 bits per heavy atom. The summed E-state index contributed by atoms with van der Waals surface area (Å²) >= 11 is 0. The minimum atomic E-state index is -0.0677. The Hall–Kier alpha value is -0.570. The number of methoxy groups -OCH3 is 1. The maximum atomic E-state index is 11.4. The predicted molar refractivity (Wildman–Crippen MR) is 51.4 cm³/mol. The fourth-order valence-electron chi connectivity index (χ4n) is 1.99. The molecule has 0 aromatic carbocycles. The van der Waals surface area contributed by atoms with Gasteiger partial charge in [-0.2, -0.15) is 0 Å². The van der Waals surface area contributed by atoms with Crippen LogP contribution in [0.4, 0.5) is 0 Å². The van der Waals surface area contributed by atoms with Crippen LogP contribution in [0.25, 0.3) is 0 Å². The standard InChI is InChI=1S/C10H19NO2/c1-3-8(10(12)13-2)9-6-4-5-7-11-9/h8-9,11H,3-7H2,1-2H3/t8-,9+/m0/s1. The molecule has 1 fully saturated rings. The van der Waals surface area contributed by atoms with Gasteiger partial charge >= 0.3 is 5.97 Å². The van der Waals surface area contributed by atoms with Crippen molar-refractivity contribution in [2.45, 2.75) is 38.6 Å². The van der Waals surface area contributed by atoms with Crippen LogP contribution in [0, 0.1) is 5.92 Å². The number of rotatable bonds is 3. The highest BCUT2D eigenvalue weighted by Crippen LogP contribution is 2.19. The molecule has 1 aliphatic rings. The number of esters is 1. The van der Waals surface area contributed by atoms with E-state index in [-0.39, 0.29) is 11.9 Å². The van der Waals surface area contributed by atoms with E-state index >= 15 is 0 Å². The number of piperidine rings is 1. The minimum Gasteiger partial charge on any atom is -0.469 e. The van der Waals surface area contributed by atoms with E-state index in [0.29, 0.717) is 6.04 Å². The van der Waals surface area contributed by atoms with Crippen LogP contribution in [-0.4, -0.2) is 25.7 Å². The van der Waals surface area contributed by atoms with Crippen LogP contribution in [0.2, 0.25) is 0 Å². The van der Waals surface area contributed by atoms with Crippen molar-refractivity contribution in [3.8, 4) is 0 Å². The molecule has 0 aromatic rings. The number of hydrogen-bond donors (Lipinski definition) is 1. The third-order valence-electron chi connectivity index (χ3n) is 2.78. The number of ether oxygens (including phenoxy) is 1. The molecule has 76 valence electrons. The van der Waals surface area contributed by atoms with Crippen LogP contribution in [0.3, 0.4) is 0 Å². The van der Waals surface area contributed by atoms with Gasteiger partial charge in [0.05, 0.1) is 13.0 Å². The second kappa shape index (κ2) is 5.22. The summed E-state index contributed by atoms with van der Waals surface area (Å²) < 4.78 is 4.78. The van der Waals surface area contributed by atoms with Crippen molar-refractivity contribution in [1.29, 1.82) is 0 Å². The van der Waals surface area contributed by atoms with Crippen molar-refractivity contribution >= 4 is 5.97 Å². The summed E-state index contributed by atoms with van der Waals surface area (Å²) in [4.78, 5) is 11.4. The van der Waals surface area contributed by atoms with E-state index in [1.54, 1.807) is 0 Å². The minimum absolute atomic E-state index is 0.0466. The van der Waals surface area contributed by atoms with Gasteiger partial charge in [-0.3, -0.25) is 4.79 Å². The van der Waals surface area contributed by atoms with E-state index in [1.165, 1.54) is 20.0 Å². The first-order chi connectivity index (χ1) is 6.29. The van der Waals surface area contributed by atoms with Gasteiger partial charge < -0.3 is 10.1 Å². The molecule has 1 rings (SSSR count). The van der Waals surface area contributed by atoms with Gasteiger partial charge in [0.1, 0.15) is 0 Å². The Morgan fingerprint density at radius 3 is 2.85 bits per heavy atom. The lowest BCUT2D eigenvalue weighted by Gasteiger charge is -2.28. The lowest BCUT2D eigenvalue weighted by molar-refractivity contribution is -0.146. The van der Waals surface area contributed by atoms with Gasteiger partial charge in [0, 0.05) is 6.04 Å². The zero-order valence-corrected chi connectivity index (χ0v) is 8.51. The summed E-state index contributed by atoms with van der Waals surface area (Å²) in [5.41, 5.74) is 0. The normalized spacial score (nSPS) is 25.2. The van der Waals surface area contributed by atoms with Crippen molar-refractivity contribution in [2.24, 2.45) is 5.92 Å². The molecule has 0 aromatic heterocycles. The van der Waals surface area contributed by atoms with Crippen LogP contribution in [0.5, 0.6) is 0 Å². The molecule has 1 N–H and O–H groups in total. The first-order valence-electron chi connectivity index (χ1n) is 5.10. The number of carbonyl (C=O) groups is 1. The highest BCUT2D eigenvalue weighted by Gasteiger charge is 2.28. The molecule has 2 atom stereocenters. The summed E-state index contributed by atoms with van der Waals surface area (Å²) in [7, 11) is 1.47. The summed E-state index contributed by atoms with van der Waals surface area (Å²) in [6.45, 7) is 3.08. The van der Waals surface area contributed by atoms with Crippen LogP contribution in [0.15, 0.2) is 0 Å². The molecule has 1 saturated heterocycles. The molecule has 3 nitrogen and oxygen atoms in total. The van der Waals surface area contributed by atoms with Crippen LogP contribution in [0.1, 0.15) is 32.6 Å². The highest BCUT2D eigenvalue weighted by molar-refractivity contribution is 5.73. The molecule has 0 radical (unpaired) electrons. The first-order valence-corrected chi connectivity index (χ1v) is 5.10. The zero-order valence-electron chi connectivity index (χ0n) is 8.51. The molecule has 0 unspecified atom stereocenters. The molecule has 1 aliphatic heterocycles. The number of nitrogens with one attached hydrogen (secondary N) is 1. The third kappa shape index (κ3) is 2.69. The summed E-state index contributed by atoms with van der Waals surface area (Å²) in [6, 6.07) is 0.339. The largest absolute Gasteiger partial charge is 0.469 e. The van der Waals surface area contributed by atoms with Gasteiger partial charge in [0.2, 0.25) is 0 Å². The van der Waals surface area contributed by atoms with E-state index in [4.69, 9.17) is 4.74 Å². The van der Waals surface area contributed by atoms with Crippen molar-refractivity contribution in [3.05, 3.63) is 0 Å². The Bertz CT molecular complexity index is 164. The first kappa shape index (κ1) is 10.5. The van der Waals surface area contributed by atoms with E-state index < -0.39 is 0 Å². The summed E-state index contributed by atoms with van der Waals surface area (Å²) in [6.07, 6.45) is 4.43. The third-order valence-corrected chi connectivity index (χ3v) is 2.78. The second-order valence-electron chi connectivity index (χ2n) is 3.59. The van der Waals surface area contributed by atoms with E-state index in [0.717, 1.165) is 19.4 Å².